The third kappa shape index (κ3) is 11.7. The van der Waals surface area contributed by atoms with Crippen molar-refractivity contribution in [3.63, 3.8) is 0 Å². The van der Waals surface area contributed by atoms with Crippen LogP contribution in [0.2, 0.25) is 19.1 Å². The van der Waals surface area contributed by atoms with E-state index in [0.29, 0.717) is 50.1 Å². The first kappa shape index (κ1) is 42.3. The maximum absolute atomic E-state index is 13.0. The lowest BCUT2D eigenvalue weighted by atomic mass is 9.93. The minimum absolute atomic E-state index is 0.0302. The highest BCUT2D eigenvalue weighted by atomic mass is 28.4. The molecule has 1 aliphatic heterocycles. The van der Waals surface area contributed by atoms with Crippen molar-refractivity contribution < 1.29 is 23.9 Å². The van der Waals surface area contributed by atoms with Crippen LogP contribution in [0.5, 0.6) is 5.75 Å². The summed E-state index contributed by atoms with van der Waals surface area (Å²) in [4.78, 5) is 43.0. The summed E-state index contributed by atoms with van der Waals surface area (Å²) >= 11 is 0. The average molecular weight is 804 g/mol. The summed E-state index contributed by atoms with van der Waals surface area (Å²) in [7, 11) is -2.03. The predicted molar refractivity (Wildman–Crippen MR) is 235 cm³/mol. The zero-order chi connectivity index (χ0) is 41.1. The summed E-state index contributed by atoms with van der Waals surface area (Å²) in [6.07, 6.45) is 3.17. The number of pyridine rings is 1. The zero-order valence-electron chi connectivity index (χ0n) is 34.1. The second kappa shape index (κ2) is 19.4. The number of carbonyl (C=O) groups excluding carboxylic acids is 2. The number of aromatic nitrogens is 1. The molecule has 11 nitrogen and oxygen atoms in total. The molecule has 0 bridgehead atoms. The number of phenolic OH excluding ortho intramolecular Hbond substituents is 1. The summed E-state index contributed by atoms with van der Waals surface area (Å²) < 4.78 is 12.8. The van der Waals surface area contributed by atoms with E-state index < -0.39 is 20.0 Å². The van der Waals surface area contributed by atoms with Crippen LogP contribution in [-0.4, -0.2) is 67.1 Å². The van der Waals surface area contributed by atoms with Crippen LogP contribution in [0.25, 0.3) is 22.0 Å². The van der Waals surface area contributed by atoms with Gasteiger partial charge in [-0.3, -0.25) is 14.9 Å². The molecule has 5 N–H and O–H groups in total. The minimum Gasteiger partial charge on any atom is -0.506 e. The number of fused-ring (bicyclic) bond motifs is 1. The largest absolute Gasteiger partial charge is 0.506 e. The van der Waals surface area contributed by atoms with Crippen LogP contribution in [0.3, 0.4) is 0 Å². The Hall–Kier alpha value is -5.27. The van der Waals surface area contributed by atoms with Gasteiger partial charge in [-0.2, -0.15) is 0 Å². The van der Waals surface area contributed by atoms with Crippen LogP contribution in [-0.2, 0) is 20.5 Å². The van der Waals surface area contributed by atoms with Gasteiger partial charge in [0.25, 0.3) is 0 Å². The van der Waals surface area contributed by atoms with Crippen LogP contribution in [0.15, 0.2) is 108 Å². The van der Waals surface area contributed by atoms with E-state index in [1.54, 1.807) is 12.1 Å². The van der Waals surface area contributed by atoms with Gasteiger partial charge in [0.15, 0.2) is 8.32 Å². The highest BCUT2D eigenvalue weighted by Crippen LogP contribution is 2.34. The fourth-order valence-corrected chi connectivity index (χ4v) is 9.81. The lowest BCUT2D eigenvalue weighted by Crippen LogP contribution is -2.46. The van der Waals surface area contributed by atoms with Crippen molar-refractivity contribution in [3.05, 3.63) is 125 Å². The van der Waals surface area contributed by atoms with Crippen molar-refractivity contribution in [1.82, 2.24) is 15.2 Å². The van der Waals surface area contributed by atoms with Crippen LogP contribution in [0.1, 0.15) is 63.2 Å². The number of amides is 2. The van der Waals surface area contributed by atoms with E-state index in [1.807, 2.05) is 91.9 Å². The van der Waals surface area contributed by atoms with Crippen molar-refractivity contribution in [2.45, 2.75) is 83.3 Å². The van der Waals surface area contributed by atoms with Gasteiger partial charge in [0.05, 0.1) is 17.3 Å². The molecule has 12 heteroatoms. The van der Waals surface area contributed by atoms with Gasteiger partial charge in [0, 0.05) is 61.8 Å². The molecule has 0 saturated carbocycles. The molecule has 4 aromatic carbocycles. The lowest BCUT2D eigenvalue weighted by molar-refractivity contribution is -0.116. The first-order valence-electron chi connectivity index (χ1n) is 20.4. The van der Waals surface area contributed by atoms with Crippen molar-refractivity contribution in [3.8, 4) is 16.9 Å². The highest BCUT2D eigenvalue weighted by molar-refractivity contribution is 6.71. The van der Waals surface area contributed by atoms with E-state index in [1.165, 1.54) is 6.07 Å². The third-order valence-electron chi connectivity index (χ3n) is 10.9. The Morgan fingerprint density at radius 3 is 2.38 bits per heavy atom. The first-order valence-corrected chi connectivity index (χ1v) is 23.5. The maximum Gasteiger partial charge on any atom is 0.412 e. The zero-order valence-corrected chi connectivity index (χ0v) is 35.1. The predicted octanol–water partition coefficient (Wildman–Crippen LogP) is 9.19. The number of aromatic amines is 1. The van der Waals surface area contributed by atoms with E-state index in [2.05, 4.69) is 45.9 Å². The van der Waals surface area contributed by atoms with Gasteiger partial charge in [-0.05, 0) is 85.9 Å². The number of unbranched alkanes of at least 4 members (excludes halogenated alkanes) is 1. The number of hydrogen-bond acceptors (Lipinski definition) is 8. The third-order valence-corrected chi connectivity index (χ3v) is 13.4. The Labute approximate surface area is 342 Å². The highest BCUT2D eigenvalue weighted by Gasteiger charge is 2.34. The molecule has 0 spiro atoms. The number of benzene rings is 4. The van der Waals surface area contributed by atoms with Gasteiger partial charge in [-0.25, -0.2) is 4.79 Å². The molecule has 5 aromatic rings. The molecule has 2 amide bonds. The Bertz CT molecular complexity index is 2200. The van der Waals surface area contributed by atoms with Crippen LogP contribution in [0.4, 0.5) is 16.2 Å². The van der Waals surface area contributed by atoms with Gasteiger partial charge < -0.3 is 34.8 Å². The summed E-state index contributed by atoms with van der Waals surface area (Å²) in [5.74, 6) is -0.0214. The van der Waals surface area contributed by atoms with Crippen LogP contribution < -0.4 is 21.5 Å². The number of H-pyrrole nitrogens is 1. The molecule has 2 heterocycles. The van der Waals surface area contributed by atoms with Crippen LogP contribution in [0, 0.1) is 0 Å². The normalized spacial score (nSPS) is 14.8. The average Bonchev–Trinajstić information content (AvgIpc) is 3.21. The summed E-state index contributed by atoms with van der Waals surface area (Å²) in [5, 5.41) is 20.8. The SMILES string of the molecule is CCCC[Si](C)(C)OC(CNCc1ccc(NC(=O)CCN2CCC(C)(OC(=O)Nc3ccccc3-c3ccccc3)CC2)cc1)c1ccc(O)c2[nH]c(=O)ccc12. The minimum atomic E-state index is -2.03. The number of nitrogens with one attached hydrogen (secondary N) is 4. The van der Waals surface area contributed by atoms with E-state index in [-0.39, 0.29) is 23.3 Å². The molecule has 1 atom stereocenters. The summed E-state index contributed by atoms with van der Waals surface area (Å²) in [6.45, 7) is 11.8. The van der Waals surface area contributed by atoms with Gasteiger partial charge >= 0.3 is 6.09 Å². The lowest BCUT2D eigenvalue weighted by Gasteiger charge is -2.38. The number of nitrogens with zero attached hydrogens (tertiary/aromatic N) is 1. The van der Waals surface area contributed by atoms with Crippen molar-refractivity contribution in [1.29, 1.82) is 0 Å². The monoisotopic (exact) mass is 803 g/mol. The van der Waals surface area contributed by atoms with Crippen molar-refractivity contribution >= 4 is 42.6 Å². The van der Waals surface area contributed by atoms with Gasteiger partial charge in [-0.15, -0.1) is 0 Å². The molecule has 1 fully saturated rings. The molecule has 306 valence electrons. The number of aromatic hydroxyl groups is 1. The molecular formula is C46H57N5O6Si. The second-order valence-corrected chi connectivity index (χ2v) is 20.4. The maximum atomic E-state index is 13.0. The molecule has 58 heavy (non-hydrogen) atoms. The number of para-hydroxylation sites is 1. The summed E-state index contributed by atoms with van der Waals surface area (Å²) in [5.41, 5.74) is 4.93. The summed E-state index contributed by atoms with van der Waals surface area (Å²) in [6, 6.07) is 33.2. The Balaban J connectivity index is 0.952. The molecule has 6 rings (SSSR count). The Kier molecular flexibility index (Phi) is 14.2. The van der Waals surface area contributed by atoms with Gasteiger partial charge in [0.1, 0.15) is 11.4 Å². The van der Waals surface area contributed by atoms with Gasteiger partial charge in [-0.1, -0.05) is 86.5 Å². The van der Waals surface area contributed by atoms with Crippen molar-refractivity contribution in [2.75, 3.05) is 36.8 Å². The molecule has 0 aliphatic carbocycles. The fraction of sp³-hybridized carbons (Fsp3) is 0.370. The molecule has 1 unspecified atom stereocenters. The first-order chi connectivity index (χ1) is 27.9. The topological polar surface area (TPSA) is 145 Å². The van der Waals surface area contributed by atoms with Crippen molar-refractivity contribution in [2.24, 2.45) is 0 Å². The van der Waals surface area contributed by atoms with Crippen LogP contribution >= 0.6 is 0 Å². The number of ether oxygens (including phenoxy) is 1. The Morgan fingerprint density at radius 1 is 0.914 bits per heavy atom. The van der Waals surface area contributed by atoms with E-state index in [0.717, 1.165) is 65.3 Å². The molecular weight excluding hydrogens is 747 g/mol. The second-order valence-electron chi connectivity index (χ2n) is 16.1. The number of hydrogen-bond donors (Lipinski definition) is 5. The number of rotatable bonds is 17. The number of phenols is 1. The Morgan fingerprint density at radius 2 is 1.64 bits per heavy atom. The fourth-order valence-electron chi connectivity index (χ4n) is 7.51. The molecule has 1 saturated heterocycles. The number of likely N-dealkylation sites (tertiary alicyclic amines) is 1. The number of piperidine rings is 1. The molecule has 1 aromatic heterocycles. The van der Waals surface area contributed by atoms with Gasteiger partial charge in [0.2, 0.25) is 11.5 Å². The smallest absolute Gasteiger partial charge is 0.412 e. The molecule has 0 radical (unpaired) electrons. The standard InChI is InChI=1S/C46H57N5O6Si/c1-5-6-30-58(3,4)57-41(37-20-22-40(52)44-38(37)21-23-42(53)50-44)32-47-31-33-16-18-35(19-17-33)48-43(54)24-27-51-28-25-46(2,26-29-51)56-45(55)49-39-15-11-10-14-36(39)34-12-8-7-9-13-34/h7-23,41,47,52H,5-6,24-32H2,1-4H3,(H,48,54)(H,49,55)(H,50,53). The number of carbonyl (C=O) groups is 2. The quantitative estimate of drug-likeness (QED) is 0.0586. The van der Waals surface area contributed by atoms with E-state index in [9.17, 15) is 19.5 Å². The number of anilines is 2. The van der Waals surface area contributed by atoms with E-state index in [4.69, 9.17) is 9.16 Å². The van der Waals surface area contributed by atoms with E-state index >= 15 is 0 Å². The molecule has 1 aliphatic rings.